The molecule has 0 aromatic heterocycles. The van der Waals surface area contributed by atoms with Crippen LogP contribution >= 0.6 is 0 Å². The molecule has 2 atom stereocenters. The van der Waals surface area contributed by atoms with E-state index in [0.717, 1.165) is 13.2 Å². The van der Waals surface area contributed by atoms with Crippen LogP contribution in [0.2, 0.25) is 0 Å². The Morgan fingerprint density at radius 3 is 2.55 bits per heavy atom. The van der Waals surface area contributed by atoms with E-state index in [4.69, 9.17) is 9.47 Å². The van der Waals surface area contributed by atoms with E-state index in [1.165, 1.54) is 44.9 Å². The largest absolute Gasteiger partial charge is 0.375 e. The van der Waals surface area contributed by atoms with Crippen molar-refractivity contribution in [3.63, 3.8) is 0 Å². The lowest BCUT2D eigenvalue weighted by atomic mass is 9.74. The van der Waals surface area contributed by atoms with Crippen molar-refractivity contribution >= 4 is 0 Å². The van der Waals surface area contributed by atoms with Crippen LogP contribution in [0.1, 0.15) is 65.7 Å². The number of hydrogen-bond acceptors (Lipinski definition) is 3. The first-order valence-corrected chi connectivity index (χ1v) is 8.39. The first-order chi connectivity index (χ1) is 9.44. The minimum Gasteiger partial charge on any atom is -0.375 e. The molecule has 1 aliphatic carbocycles. The number of likely N-dealkylation sites (N-methyl/N-ethyl adjacent to an activating group) is 1. The molecule has 0 aromatic carbocycles. The van der Waals surface area contributed by atoms with Gasteiger partial charge in [0.15, 0.2) is 0 Å². The van der Waals surface area contributed by atoms with Crippen LogP contribution in [0.5, 0.6) is 0 Å². The maximum absolute atomic E-state index is 6.21. The molecule has 1 saturated carbocycles. The van der Waals surface area contributed by atoms with Crippen LogP contribution < -0.4 is 5.32 Å². The predicted octanol–water partition coefficient (Wildman–Crippen LogP) is 3.52. The van der Waals surface area contributed by atoms with Crippen LogP contribution in [0.15, 0.2) is 0 Å². The Morgan fingerprint density at radius 2 is 1.95 bits per heavy atom. The quantitative estimate of drug-likeness (QED) is 0.856. The molecule has 1 heterocycles. The third-order valence-electron chi connectivity index (χ3n) is 4.93. The molecule has 1 spiro atoms. The van der Waals surface area contributed by atoms with E-state index in [1.807, 2.05) is 0 Å². The summed E-state index contributed by atoms with van der Waals surface area (Å²) in [7, 11) is 2.07. The van der Waals surface area contributed by atoms with E-state index in [2.05, 4.69) is 33.1 Å². The lowest BCUT2D eigenvalue weighted by Crippen LogP contribution is -2.49. The zero-order valence-corrected chi connectivity index (χ0v) is 13.8. The fraction of sp³-hybridized carbons (Fsp3) is 1.00. The van der Waals surface area contributed by atoms with Crippen molar-refractivity contribution in [1.29, 1.82) is 0 Å². The van der Waals surface area contributed by atoms with Gasteiger partial charge in [0.1, 0.15) is 0 Å². The lowest BCUT2D eigenvalue weighted by molar-refractivity contribution is -0.127. The van der Waals surface area contributed by atoms with Gasteiger partial charge < -0.3 is 14.8 Å². The van der Waals surface area contributed by atoms with Gasteiger partial charge in [0.2, 0.25) is 0 Å². The molecule has 0 amide bonds. The average Bonchev–Trinajstić information content (AvgIpc) is 2.39. The molecule has 118 valence electrons. The Hall–Kier alpha value is -0.120. The van der Waals surface area contributed by atoms with E-state index in [0.29, 0.717) is 12.0 Å². The summed E-state index contributed by atoms with van der Waals surface area (Å²) in [5.41, 5.74) is 0.140. The van der Waals surface area contributed by atoms with Crippen molar-refractivity contribution in [2.24, 2.45) is 5.92 Å². The maximum atomic E-state index is 6.21. The summed E-state index contributed by atoms with van der Waals surface area (Å²) in [6.45, 7) is 8.13. The van der Waals surface area contributed by atoms with E-state index in [1.54, 1.807) is 0 Å². The van der Waals surface area contributed by atoms with Gasteiger partial charge in [-0.2, -0.15) is 0 Å². The van der Waals surface area contributed by atoms with Crippen LogP contribution in [-0.2, 0) is 9.47 Å². The molecule has 20 heavy (non-hydrogen) atoms. The van der Waals surface area contributed by atoms with Gasteiger partial charge in [0, 0.05) is 12.6 Å². The van der Waals surface area contributed by atoms with Gasteiger partial charge in [-0.3, -0.25) is 0 Å². The van der Waals surface area contributed by atoms with Gasteiger partial charge in [-0.1, -0.05) is 19.3 Å². The van der Waals surface area contributed by atoms with Gasteiger partial charge in [0.05, 0.1) is 17.8 Å². The molecule has 0 radical (unpaired) electrons. The van der Waals surface area contributed by atoms with Crippen LogP contribution in [0, 0.1) is 5.92 Å². The Kier molecular flexibility index (Phi) is 5.49. The minimum absolute atomic E-state index is 0.0528. The molecule has 2 rings (SSSR count). The SMILES string of the molecule is CNC(COC(C)(C)C)C1CCOC2(CCCCC2)C1. The standard InChI is InChI=1S/C17H33NO2/c1-16(2,3)20-13-15(18-4)14-8-11-19-17(12-14)9-6-5-7-10-17/h14-15,18H,5-13H2,1-4H3. The van der Waals surface area contributed by atoms with Crippen LogP contribution in [0.3, 0.4) is 0 Å². The summed E-state index contributed by atoms with van der Waals surface area (Å²) < 4.78 is 12.2. The second kappa shape index (κ2) is 6.76. The van der Waals surface area contributed by atoms with Crippen LogP contribution in [0.25, 0.3) is 0 Å². The number of rotatable bonds is 4. The smallest absolute Gasteiger partial charge is 0.0685 e. The average molecular weight is 283 g/mol. The van der Waals surface area contributed by atoms with Gasteiger partial charge in [-0.25, -0.2) is 0 Å². The third-order valence-corrected chi connectivity index (χ3v) is 4.93. The second-order valence-electron chi connectivity index (χ2n) is 7.66. The van der Waals surface area contributed by atoms with Crippen LogP contribution in [-0.4, -0.2) is 37.5 Å². The van der Waals surface area contributed by atoms with Crippen LogP contribution in [0.4, 0.5) is 0 Å². The number of ether oxygens (including phenoxy) is 2. The Morgan fingerprint density at radius 1 is 1.25 bits per heavy atom. The van der Waals surface area contributed by atoms with Crippen molar-refractivity contribution in [3.05, 3.63) is 0 Å². The zero-order chi connectivity index (χ0) is 14.6. The van der Waals surface area contributed by atoms with Crippen molar-refractivity contribution in [2.75, 3.05) is 20.3 Å². The molecule has 2 fully saturated rings. The highest BCUT2D eigenvalue weighted by atomic mass is 16.5. The highest BCUT2D eigenvalue weighted by Crippen LogP contribution is 2.41. The molecule has 0 aromatic rings. The summed E-state index contributed by atoms with van der Waals surface area (Å²) in [5.74, 6) is 0.689. The molecule has 3 heteroatoms. The van der Waals surface area contributed by atoms with Crippen molar-refractivity contribution < 1.29 is 9.47 Å². The summed E-state index contributed by atoms with van der Waals surface area (Å²) in [5, 5.41) is 3.49. The summed E-state index contributed by atoms with van der Waals surface area (Å²) in [6.07, 6.45) is 8.98. The fourth-order valence-electron chi connectivity index (χ4n) is 3.75. The first kappa shape index (κ1) is 16.3. The van der Waals surface area contributed by atoms with Crippen molar-refractivity contribution in [1.82, 2.24) is 5.32 Å². The van der Waals surface area contributed by atoms with Crippen molar-refractivity contribution in [2.45, 2.75) is 83.0 Å². The van der Waals surface area contributed by atoms with E-state index in [9.17, 15) is 0 Å². The normalized spacial score (nSPS) is 28.5. The molecule has 2 unspecified atom stereocenters. The van der Waals surface area contributed by atoms with Gasteiger partial charge in [-0.15, -0.1) is 0 Å². The number of nitrogens with one attached hydrogen (secondary N) is 1. The predicted molar refractivity (Wildman–Crippen MR) is 83.0 cm³/mol. The second-order valence-corrected chi connectivity index (χ2v) is 7.66. The topological polar surface area (TPSA) is 30.5 Å². The molecule has 3 nitrogen and oxygen atoms in total. The monoisotopic (exact) mass is 283 g/mol. The Balaban J connectivity index is 1.92. The molecular weight excluding hydrogens is 250 g/mol. The Bertz CT molecular complexity index is 286. The van der Waals surface area contributed by atoms with Crippen molar-refractivity contribution in [3.8, 4) is 0 Å². The summed E-state index contributed by atoms with van der Waals surface area (Å²) in [6, 6.07) is 0.455. The first-order valence-electron chi connectivity index (χ1n) is 8.39. The molecule has 1 saturated heterocycles. The van der Waals surface area contributed by atoms with E-state index in [-0.39, 0.29) is 11.2 Å². The highest BCUT2D eigenvalue weighted by molar-refractivity contribution is 4.93. The maximum Gasteiger partial charge on any atom is 0.0685 e. The third kappa shape index (κ3) is 4.44. The molecule has 0 bridgehead atoms. The molecule has 1 N–H and O–H groups in total. The number of hydrogen-bond donors (Lipinski definition) is 1. The minimum atomic E-state index is -0.0528. The fourth-order valence-corrected chi connectivity index (χ4v) is 3.75. The molecule has 2 aliphatic rings. The van der Waals surface area contributed by atoms with E-state index < -0.39 is 0 Å². The summed E-state index contributed by atoms with van der Waals surface area (Å²) in [4.78, 5) is 0. The molecule has 1 aliphatic heterocycles. The Labute approximate surface area is 124 Å². The lowest BCUT2D eigenvalue weighted by Gasteiger charge is -2.45. The highest BCUT2D eigenvalue weighted by Gasteiger charge is 2.40. The van der Waals surface area contributed by atoms with Gasteiger partial charge >= 0.3 is 0 Å². The zero-order valence-electron chi connectivity index (χ0n) is 13.8. The van der Waals surface area contributed by atoms with Gasteiger partial charge in [-0.05, 0) is 59.4 Å². The van der Waals surface area contributed by atoms with E-state index >= 15 is 0 Å². The van der Waals surface area contributed by atoms with Gasteiger partial charge in [0.25, 0.3) is 0 Å². The molecular formula is C17H33NO2. The summed E-state index contributed by atoms with van der Waals surface area (Å²) >= 11 is 0.